The lowest BCUT2D eigenvalue weighted by Gasteiger charge is -2.17. The van der Waals surface area contributed by atoms with Crippen molar-refractivity contribution < 1.29 is 5.11 Å². The Morgan fingerprint density at radius 1 is 1.36 bits per heavy atom. The van der Waals surface area contributed by atoms with Crippen LogP contribution in [0.4, 0.5) is 0 Å². The molecule has 0 saturated heterocycles. The maximum Gasteiger partial charge on any atom is 0.0558 e. The van der Waals surface area contributed by atoms with E-state index in [9.17, 15) is 0 Å². The fourth-order valence-electron chi connectivity index (χ4n) is 0.927. The number of aliphatic hydroxyl groups excluding tert-OH is 1. The SMILES string of the molecule is CCC(C)CCN(C)CCO. The van der Waals surface area contributed by atoms with Gasteiger partial charge < -0.3 is 10.0 Å². The monoisotopic (exact) mass is 159 g/mol. The molecule has 1 unspecified atom stereocenters. The first kappa shape index (κ1) is 10.9. The van der Waals surface area contributed by atoms with Gasteiger partial charge in [0.25, 0.3) is 0 Å². The Hall–Kier alpha value is -0.0800. The summed E-state index contributed by atoms with van der Waals surface area (Å²) in [6.45, 7) is 6.67. The quantitative estimate of drug-likeness (QED) is 0.632. The molecule has 0 rings (SSSR count). The third kappa shape index (κ3) is 6.32. The molecule has 0 aromatic heterocycles. The van der Waals surface area contributed by atoms with Crippen LogP contribution in [-0.2, 0) is 0 Å². The van der Waals surface area contributed by atoms with Crippen molar-refractivity contribution >= 4 is 0 Å². The topological polar surface area (TPSA) is 23.5 Å². The highest BCUT2D eigenvalue weighted by molar-refractivity contribution is 4.55. The average Bonchev–Trinajstić information content (AvgIpc) is 2.01. The molecule has 2 nitrogen and oxygen atoms in total. The number of hydrogen-bond donors (Lipinski definition) is 1. The molecule has 0 amide bonds. The van der Waals surface area contributed by atoms with Crippen LogP contribution >= 0.6 is 0 Å². The van der Waals surface area contributed by atoms with E-state index >= 15 is 0 Å². The highest BCUT2D eigenvalue weighted by Crippen LogP contribution is 2.06. The van der Waals surface area contributed by atoms with Gasteiger partial charge in [-0.2, -0.15) is 0 Å². The molecule has 0 aliphatic carbocycles. The lowest BCUT2D eigenvalue weighted by Crippen LogP contribution is -2.24. The molecule has 1 N–H and O–H groups in total. The third-order valence-corrected chi connectivity index (χ3v) is 2.18. The number of hydrogen-bond acceptors (Lipinski definition) is 2. The second kappa shape index (κ2) is 6.62. The molecule has 0 aliphatic rings. The Bertz CT molecular complexity index is 85.6. The van der Waals surface area contributed by atoms with E-state index in [0.29, 0.717) is 0 Å². The van der Waals surface area contributed by atoms with Crippen molar-refractivity contribution in [1.29, 1.82) is 0 Å². The summed E-state index contributed by atoms with van der Waals surface area (Å²) in [6, 6.07) is 0. The first-order valence-corrected chi connectivity index (χ1v) is 4.50. The second-order valence-corrected chi connectivity index (χ2v) is 3.33. The molecular weight excluding hydrogens is 138 g/mol. The molecule has 0 saturated carbocycles. The van der Waals surface area contributed by atoms with E-state index in [1.807, 2.05) is 0 Å². The molecule has 2 heteroatoms. The predicted molar refractivity (Wildman–Crippen MR) is 48.7 cm³/mol. The fraction of sp³-hybridized carbons (Fsp3) is 1.00. The maximum atomic E-state index is 8.62. The van der Waals surface area contributed by atoms with E-state index in [4.69, 9.17) is 5.11 Å². The smallest absolute Gasteiger partial charge is 0.0558 e. The van der Waals surface area contributed by atoms with Gasteiger partial charge in [0.15, 0.2) is 0 Å². The van der Waals surface area contributed by atoms with E-state index < -0.39 is 0 Å². The highest BCUT2D eigenvalue weighted by atomic mass is 16.3. The molecule has 0 heterocycles. The molecule has 68 valence electrons. The number of nitrogens with zero attached hydrogens (tertiary/aromatic N) is 1. The Balaban J connectivity index is 3.22. The van der Waals surface area contributed by atoms with Crippen molar-refractivity contribution in [3.8, 4) is 0 Å². The zero-order valence-electron chi connectivity index (χ0n) is 8.01. The van der Waals surface area contributed by atoms with Crippen LogP contribution < -0.4 is 0 Å². The van der Waals surface area contributed by atoms with Gasteiger partial charge in [-0.3, -0.25) is 0 Å². The number of likely N-dealkylation sites (N-methyl/N-ethyl adjacent to an activating group) is 1. The molecule has 0 aliphatic heterocycles. The predicted octanol–water partition coefficient (Wildman–Crippen LogP) is 1.35. The highest BCUT2D eigenvalue weighted by Gasteiger charge is 2.01. The van der Waals surface area contributed by atoms with Gasteiger partial charge >= 0.3 is 0 Å². The van der Waals surface area contributed by atoms with Crippen molar-refractivity contribution in [2.24, 2.45) is 5.92 Å². The fourth-order valence-corrected chi connectivity index (χ4v) is 0.927. The molecule has 11 heavy (non-hydrogen) atoms. The maximum absolute atomic E-state index is 8.62. The zero-order chi connectivity index (χ0) is 8.69. The standard InChI is InChI=1S/C9H21NO/c1-4-9(2)5-6-10(3)7-8-11/h9,11H,4-8H2,1-3H3. The average molecular weight is 159 g/mol. The van der Waals surface area contributed by atoms with Crippen molar-refractivity contribution in [2.75, 3.05) is 26.7 Å². The Morgan fingerprint density at radius 3 is 2.45 bits per heavy atom. The van der Waals surface area contributed by atoms with Crippen LogP contribution in [0, 0.1) is 5.92 Å². The summed E-state index contributed by atoms with van der Waals surface area (Å²) < 4.78 is 0. The van der Waals surface area contributed by atoms with Crippen LogP contribution in [0.25, 0.3) is 0 Å². The van der Waals surface area contributed by atoms with E-state index in [1.54, 1.807) is 0 Å². The van der Waals surface area contributed by atoms with Gasteiger partial charge in [0.05, 0.1) is 6.61 Å². The normalized spacial score (nSPS) is 13.9. The van der Waals surface area contributed by atoms with Crippen molar-refractivity contribution in [2.45, 2.75) is 26.7 Å². The van der Waals surface area contributed by atoms with Crippen molar-refractivity contribution in [3.05, 3.63) is 0 Å². The van der Waals surface area contributed by atoms with Crippen LogP contribution in [0.1, 0.15) is 26.7 Å². The van der Waals surface area contributed by atoms with E-state index in [1.165, 1.54) is 12.8 Å². The van der Waals surface area contributed by atoms with Crippen LogP contribution in [0.5, 0.6) is 0 Å². The Morgan fingerprint density at radius 2 is 2.00 bits per heavy atom. The van der Waals surface area contributed by atoms with Gasteiger partial charge in [-0.25, -0.2) is 0 Å². The minimum Gasteiger partial charge on any atom is -0.395 e. The van der Waals surface area contributed by atoms with Crippen LogP contribution in [0.3, 0.4) is 0 Å². The summed E-state index contributed by atoms with van der Waals surface area (Å²) in [4.78, 5) is 2.17. The van der Waals surface area contributed by atoms with Gasteiger partial charge in [0.2, 0.25) is 0 Å². The molecule has 0 aromatic rings. The molecule has 0 radical (unpaired) electrons. The number of rotatable bonds is 6. The summed E-state index contributed by atoms with van der Waals surface area (Å²) in [5, 5.41) is 8.62. The van der Waals surface area contributed by atoms with Gasteiger partial charge in [0.1, 0.15) is 0 Å². The minimum atomic E-state index is 0.275. The lowest BCUT2D eigenvalue weighted by atomic mass is 10.1. The van der Waals surface area contributed by atoms with Gasteiger partial charge in [-0.1, -0.05) is 20.3 Å². The van der Waals surface area contributed by atoms with Crippen molar-refractivity contribution in [1.82, 2.24) is 4.90 Å². The third-order valence-electron chi connectivity index (χ3n) is 2.18. The first-order valence-electron chi connectivity index (χ1n) is 4.50. The second-order valence-electron chi connectivity index (χ2n) is 3.33. The molecule has 0 spiro atoms. The largest absolute Gasteiger partial charge is 0.395 e. The first-order chi connectivity index (χ1) is 5.20. The Kier molecular flexibility index (Phi) is 6.57. The van der Waals surface area contributed by atoms with E-state index in [2.05, 4.69) is 25.8 Å². The molecule has 1 atom stereocenters. The molecule has 0 fully saturated rings. The molecular formula is C9H21NO. The van der Waals surface area contributed by atoms with E-state index in [0.717, 1.165) is 19.0 Å². The van der Waals surface area contributed by atoms with Gasteiger partial charge in [-0.05, 0) is 25.9 Å². The summed E-state index contributed by atoms with van der Waals surface area (Å²) in [5.41, 5.74) is 0. The van der Waals surface area contributed by atoms with Gasteiger partial charge in [0, 0.05) is 6.54 Å². The summed E-state index contributed by atoms with van der Waals surface area (Å²) in [7, 11) is 2.05. The minimum absolute atomic E-state index is 0.275. The summed E-state index contributed by atoms with van der Waals surface area (Å²) in [5.74, 6) is 0.816. The summed E-state index contributed by atoms with van der Waals surface area (Å²) >= 11 is 0. The zero-order valence-corrected chi connectivity index (χ0v) is 8.01. The number of aliphatic hydroxyl groups is 1. The Labute approximate surface area is 70.2 Å². The summed E-state index contributed by atoms with van der Waals surface area (Å²) in [6.07, 6.45) is 2.50. The van der Waals surface area contributed by atoms with Crippen LogP contribution in [-0.4, -0.2) is 36.8 Å². The van der Waals surface area contributed by atoms with Gasteiger partial charge in [-0.15, -0.1) is 0 Å². The molecule has 0 bridgehead atoms. The van der Waals surface area contributed by atoms with Crippen LogP contribution in [0.15, 0.2) is 0 Å². The molecule has 0 aromatic carbocycles. The lowest BCUT2D eigenvalue weighted by molar-refractivity contribution is 0.213. The van der Waals surface area contributed by atoms with Crippen LogP contribution in [0.2, 0.25) is 0 Å². The van der Waals surface area contributed by atoms with E-state index in [-0.39, 0.29) is 6.61 Å². The van der Waals surface area contributed by atoms with Crippen molar-refractivity contribution in [3.63, 3.8) is 0 Å².